The van der Waals surface area contributed by atoms with Crippen LogP contribution < -0.4 is 9.83 Å². The van der Waals surface area contributed by atoms with Gasteiger partial charge in [-0.15, -0.1) is 0 Å². The Morgan fingerprint density at radius 2 is 1.14 bits per heavy atom. The fraction of sp³-hybridized carbons (Fsp3) is 0. The maximum Gasteiger partial charge on any atom is 0.597 e. The van der Waals surface area contributed by atoms with Crippen LogP contribution in [0.4, 0.5) is 0 Å². The minimum Gasteiger partial charge on any atom is -0.508 e. The second-order valence-electron chi connectivity index (χ2n) is 4.33. The number of para-hydroxylation sites is 2. The Hall–Kier alpha value is -2.64. The smallest absolute Gasteiger partial charge is 0.508 e. The molecular weight excluding hydrogens is 295 g/mol. The molecule has 110 valence electrons. The van der Waals surface area contributed by atoms with Gasteiger partial charge in [-0.1, -0.05) is 54.6 Å². The first-order chi connectivity index (χ1) is 10.8. The molecule has 0 fully saturated rings. The van der Waals surface area contributed by atoms with E-state index in [0.29, 0.717) is 16.8 Å². The van der Waals surface area contributed by atoms with Gasteiger partial charge in [-0.25, -0.2) is 0 Å². The lowest BCUT2D eigenvalue weighted by atomic mass is 10.3. The second-order valence-corrected chi connectivity index (χ2v) is 5.55. The fourth-order valence-electron chi connectivity index (χ4n) is 1.61. The molecule has 0 saturated carbocycles. The summed E-state index contributed by atoms with van der Waals surface area (Å²) in [6.07, 6.45) is 0. The minimum absolute atomic E-state index is 0.322. The van der Waals surface area contributed by atoms with Crippen molar-refractivity contribution >= 4 is 13.3 Å². The predicted molar refractivity (Wildman–Crippen MR) is 88.9 cm³/mol. The molecule has 0 amide bonds. The highest BCUT2D eigenvalue weighted by atomic mass is 31.1. The predicted octanol–water partition coefficient (Wildman–Crippen LogP) is 4.53. The van der Waals surface area contributed by atoms with Crippen LogP contribution in [0.2, 0.25) is 0 Å². The van der Waals surface area contributed by atoms with Crippen molar-refractivity contribution in [1.29, 1.82) is 0 Å². The van der Waals surface area contributed by atoms with Crippen molar-refractivity contribution in [1.82, 2.24) is 0 Å². The molecule has 0 aromatic heterocycles. The zero-order valence-corrected chi connectivity index (χ0v) is 12.8. The first-order valence-corrected chi connectivity index (χ1v) is 7.93. The average molecular weight is 311 g/mol. The van der Waals surface area contributed by atoms with E-state index < -0.39 is 8.03 Å². The van der Waals surface area contributed by atoms with Crippen LogP contribution >= 0.6 is 8.03 Å². The summed E-state index contributed by atoms with van der Waals surface area (Å²) in [6, 6.07) is 27.0. The number of rotatable bonds is 3. The fourth-order valence-corrected chi connectivity index (χ4v) is 2.44. The second kappa shape index (κ2) is 8.60. The lowest BCUT2D eigenvalue weighted by Crippen LogP contribution is -1.98. The number of hydrogen-bond donors (Lipinski definition) is 1. The molecule has 0 radical (unpaired) electrons. The third kappa shape index (κ3) is 5.39. The van der Waals surface area contributed by atoms with E-state index in [9.17, 15) is 4.57 Å². The Balaban J connectivity index is 0.000000211. The third-order valence-corrected chi connectivity index (χ3v) is 3.75. The van der Waals surface area contributed by atoms with E-state index in [1.165, 1.54) is 0 Å². The van der Waals surface area contributed by atoms with Crippen molar-refractivity contribution < 1.29 is 14.2 Å². The summed E-state index contributed by atoms with van der Waals surface area (Å²) in [4.78, 5) is 0. The van der Waals surface area contributed by atoms with Crippen LogP contribution in [0.15, 0.2) is 91.0 Å². The molecule has 0 saturated heterocycles. The van der Waals surface area contributed by atoms with E-state index >= 15 is 0 Å². The summed E-state index contributed by atoms with van der Waals surface area (Å²) in [5.74, 6) is 0.949. The van der Waals surface area contributed by atoms with Gasteiger partial charge in [0.15, 0.2) is 5.75 Å². The largest absolute Gasteiger partial charge is 0.597 e. The van der Waals surface area contributed by atoms with Crippen LogP contribution in [-0.4, -0.2) is 5.11 Å². The topological polar surface area (TPSA) is 46.5 Å². The first kappa shape index (κ1) is 15.7. The normalized spacial score (nSPS) is 10.1. The highest BCUT2D eigenvalue weighted by molar-refractivity contribution is 7.48. The third-order valence-electron chi connectivity index (χ3n) is 2.65. The summed E-state index contributed by atoms with van der Waals surface area (Å²) in [5.41, 5.74) is 0. The van der Waals surface area contributed by atoms with Crippen molar-refractivity contribution in [2.45, 2.75) is 0 Å². The summed E-state index contributed by atoms with van der Waals surface area (Å²) >= 11 is 0. The lowest BCUT2D eigenvalue weighted by Gasteiger charge is -1.91. The lowest BCUT2D eigenvalue weighted by molar-refractivity contribution is 0.475. The highest BCUT2D eigenvalue weighted by Crippen LogP contribution is 2.25. The van der Waals surface area contributed by atoms with Crippen LogP contribution in [0.3, 0.4) is 0 Å². The van der Waals surface area contributed by atoms with Gasteiger partial charge in [0.1, 0.15) is 5.75 Å². The molecule has 3 rings (SSSR count). The van der Waals surface area contributed by atoms with Gasteiger partial charge in [0.05, 0.1) is 0 Å². The van der Waals surface area contributed by atoms with Gasteiger partial charge in [0.25, 0.3) is 0 Å². The zero-order valence-electron chi connectivity index (χ0n) is 11.9. The minimum atomic E-state index is -1.80. The van der Waals surface area contributed by atoms with Gasteiger partial charge in [-0.05, 0) is 41.0 Å². The molecule has 4 heteroatoms. The Morgan fingerprint density at radius 3 is 1.59 bits per heavy atom. The molecule has 0 aliphatic heterocycles. The number of phenolic OH excluding ortho intramolecular Hbond substituents is 1. The van der Waals surface area contributed by atoms with E-state index in [0.717, 1.165) is 0 Å². The Morgan fingerprint density at radius 1 is 0.682 bits per heavy atom. The Kier molecular flexibility index (Phi) is 6.16. The maximum absolute atomic E-state index is 11.7. The van der Waals surface area contributed by atoms with Crippen molar-refractivity contribution in [2.75, 3.05) is 0 Å². The number of aromatic hydroxyl groups is 1. The molecule has 0 bridgehead atoms. The number of hydrogen-bond acceptors (Lipinski definition) is 3. The SMILES string of the molecule is O=[P+](Oc1ccccc1)c1ccccc1.Oc1ccccc1. The molecule has 0 aliphatic rings. The molecular formula is C18H16O3P+. The van der Waals surface area contributed by atoms with E-state index in [-0.39, 0.29) is 0 Å². The van der Waals surface area contributed by atoms with Gasteiger partial charge < -0.3 is 5.11 Å². The average Bonchev–Trinajstić information content (AvgIpc) is 2.58. The van der Waals surface area contributed by atoms with Gasteiger partial charge in [0.2, 0.25) is 5.30 Å². The molecule has 3 aromatic carbocycles. The van der Waals surface area contributed by atoms with Gasteiger partial charge in [0, 0.05) is 0 Å². The quantitative estimate of drug-likeness (QED) is 0.723. The first-order valence-electron chi connectivity index (χ1n) is 6.75. The van der Waals surface area contributed by atoms with Crippen molar-refractivity contribution in [2.24, 2.45) is 0 Å². The Bertz CT molecular complexity index is 685. The number of benzene rings is 3. The van der Waals surface area contributed by atoms with Crippen molar-refractivity contribution in [3.8, 4) is 11.5 Å². The highest BCUT2D eigenvalue weighted by Gasteiger charge is 2.22. The monoisotopic (exact) mass is 311 g/mol. The van der Waals surface area contributed by atoms with Crippen LogP contribution in [0, 0.1) is 0 Å². The molecule has 0 heterocycles. The van der Waals surface area contributed by atoms with Gasteiger partial charge in [-0.2, -0.15) is 0 Å². The summed E-state index contributed by atoms with van der Waals surface area (Å²) in [7, 11) is -1.80. The summed E-state index contributed by atoms with van der Waals surface area (Å²) in [6.45, 7) is 0. The molecule has 0 aliphatic carbocycles. The van der Waals surface area contributed by atoms with Crippen LogP contribution in [0.25, 0.3) is 0 Å². The zero-order chi connectivity index (χ0) is 15.6. The van der Waals surface area contributed by atoms with E-state index in [1.807, 2.05) is 42.5 Å². The van der Waals surface area contributed by atoms with Crippen molar-refractivity contribution in [3.63, 3.8) is 0 Å². The molecule has 0 spiro atoms. The Labute approximate surface area is 130 Å². The van der Waals surface area contributed by atoms with E-state index in [4.69, 9.17) is 9.63 Å². The maximum atomic E-state index is 11.7. The van der Waals surface area contributed by atoms with Crippen LogP contribution in [0.1, 0.15) is 0 Å². The van der Waals surface area contributed by atoms with E-state index in [2.05, 4.69) is 0 Å². The molecule has 3 aromatic rings. The molecule has 22 heavy (non-hydrogen) atoms. The van der Waals surface area contributed by atoms with Crippen LogP contribution in [0.5, 0.6) is 11.5 Å². The van der Waals surface area contributed by atoms with E-state index in [1.54, 1.807) is 48.5 Å². The summed E-state index contributed by atoms with van der Waals surface area (Å²) in [5, 5.41) is 9.34. The molecule has 1 unspecified atom stereocenters. The standard InChI is InChI=1S/C12H10O2P.C6H6O/c13-15(12-9-5-2-6-10-12)14-11-7-3-1-4-8-11;7-6-4-2-1-3-5-6/h1-10H;1-5,7H/q+1;. The molecule has 3 nitrogen and oxygen atoms in total. The number of phenols is 1. The van der Waals surface area contributed by atoms with Crippen LogP contribution in [-0.2, 0) is 4.57 Å². The molecule has 1 N–H and O–H groups in total. The van der Waals surface area contributed by atoms with Gasteiger partial charge in [-0.3, -0.25) is 4.52 Å². The van der Waals surface area contributed by atoms with Crippen molar-refractivity contribution in [3.05, 3.63) is 91.0 Å². The summed E-state index contributed by atoms with van der Waals surface area (Å²) < 4.78 is 17.0. The van der Waals surface area contributed by atoms with Gasteiger partial charge >= 0.3 is 8.03 Å². The molecule has 1 atom stereocenters.